The zero-order valence-electron chi connectivity index (χ0n) is 20.3. The van der Waals surface area contributed by atoms with E-state index in [1.807, 2.05) is 122 Å². The Morgan fingerprint density at radius 2 is 1.54 bits per heavy atom. The lowest BCUT2D eigenvalue weighted by molar-refractivity contribution is -0.123. The van der Waals surface area contributed by atoms with Gasteiger partial charge >= 0.3 is 0 Å². The number of para-hydroxylation sites is 1. The van der Waals surface area contributed by atoms with Crippen LogP contribution < -0.4 is 4.74 Å². The molecule has 5 rings (SSSR count). The van der Waals surface area contributed by atoms with E-state index < -0.39 is 0 Å². The third-order valence-corrected chi connectivity index (χ3v) is 7.37. The number of benzene rings is 4. The van der Waals surface area contributed by atoms with E-state index in [0.717, 1.165) is 28.1 Å². The van der Waals surface area contributed by atoms with Gasteiger partial charge in [-0.05, 0) is 66.2 Å². The first-order valence-electron chi connectivity index (χ1n) is 12.0. The third kappa shape index (κ3) is 5.96. The molecule has 1 fully saturated rings. The Morgan fingerprint density at radius 1 is 0.892 bits per heavy atom. The van der Waals surface area contributed by atoms with Gasteiger partial charge < -0.3 is 4.74 Å². The Morgan fingerprint density at radius 3 is 2.24 bits per heavy atom. The maximum absolute atomic E-state index is 13.6. The highest BCUT2D eigenvalue weighted by atomic mass is 35.5. The van der Waals surface area contributed by atoms with E-state index in [0.29, 0.717) is 21.7 Å². The summed E-state index contributed by atoms with van der Waals surface area (Å²) in [5, 5.41) is 1.35. The molecule has 0 saturated carbocycles. The molecule has 1 aliphatic heterocycles. The van der Waals surface area contributed by atoms with Gasteiger partial charge in [0.15, 0.2) is 5.17 Å². The van der Waals surface area contributed by atoms with Gasteiger partial charge in [0.05, 0.1) is 16.6 Å². The number of amides is 1. The van der Waals surface area contributed by atoms with Crippen LogP contribution in [0.4, 0.5) is 5.69 Å². The third-order valence-electron chi connectivity index (χ3n) is 6.02. The Hall–Kier alpha value is -3.80. The van der Waals surface area contributed by atoms with Crippen molar-refractivity contribution in [3.05, 3.63) is 136 Å². The van der Waals surface area contributed by atoms with E-state index in [-0.39, 0.29) is 11.9 Å². The monoisotopic (exact) mass is 524 g/mol. The Bertz CT molecular complexity index is 1440. The molecule has 6 heteroatoms. The zero-order chi connectivity index (χ0) is 25.6. The molecule has 1 saturated heterocycles. The average molecular weight is 525 g/mol. The SMILES string of the molecule is C[C@@H](c1ccccc1)N1C(=O)/C(=C\c2ccc(OCc3ccccc3Cl)cc2)SC1=Nc1ccccc1. The van der Waals surface area contributed by atoms with Crippen molar-refractivity contribution in [1.29, 1.82) is 0 Å². The van der Waals surface area contributed by atoms with Gasteiger partial charge in [0.1, 0.15) is 12.4 Å². The number of rotatable bonds is 7. The van der Waals surface area contributed by atoms with Gasteiger partial charge in [-0.1, -0.05) is 90.5 Å². The molecule has 0 aliphatic carbocycles. The fourth-order valence-electron chi connectivity index (χ4n) is 3.99. The van der Waals surface area contributed by atoms with Gasteiger partial charge in [-0.25, -0.2) is 4.99 Å². The molecule has 4 aromatic rings. The standard InChI is InChI=1S/C31H25ClN2O2S/c1-22(24-10-4-2-5-11-24)34-30(35)29(37-31(34)33-26-13-6-3-7-14-26)20-23-16-18-27(19-17-23)36-21-25-12-8-9-15-28(25)32/h2-20,22H,21H2,1H3/b29-20+,33-31?/t22-/m0/s1. The van der Waals surface area contributed by atoms with Crippen molar-refractivity contribution in [2.24, 2.45) is 4.99 Å². The number of ether oxygens (including phenoxy) is 1. The quantitative estimate of drug-likeness (QED) is 0.228. The fourth-order valence-corrected chi connectivity index (χ4v) is 5.25. The first-order chi connectivity index (χ1) is 18.1. The molecule has 4 aromatic carbocycles. The minimum Gasteiger partial charge on any atom is -0.489 e. The average Bonchev–Trinajstić information content (AvgIpc) is 3.23. The second-order valence-corrected chi connectivity index (χ2v) is 9.97. The van der Waals surface area contributed by atoms with E-state index in [4.69, 9.17) is 21.3 Å². The Labute approximate surface area is 226 Å². The molecule has 0 N–H and O–H groups in total. The van der Waals surface area contributed by atoms with Crippen molar-refractivity contribution in [2.45, 2.75) is 19.6 Å². The van der Waals surface area contributed by atoms with Crippen molar-refractivity contribution in [2.75, 3.05) is 0 Å². The molecule has 0 bridgehead atoms. The molecule has 1 amide bonds. The lowest BCUT2D eigenvalue weighted by Crippen LogP contribution is -2.32. The zero-order valence-corrected chi connectivity index (χ0v) is 21.8. The summed E-state index contributed by atoms with van der Waals surface area (Å²) < 4.78 is 5.90. The van der Waals surface area contributed by atoms with Crippen LogP contribution in [0.1, 0.15) is 29.7 Å². The van der Waals surface area contributed by atoms with Gasteiger partial charge in [-0.15, -0.1) is 0 Å². The predicted molar refractivity (Wildman–Crippen MR) is 153 cm³/mol. The van der Waals surface area contributed by atoms with Crippen LogP contribution in [0.5, 0.6) is 5.75 Å². The molecule has 0 aromatic heterocycles. The van der Waals surface area contributed by atoms with E-state index >= 15 is 0 Å². The molecule has 184 valence electrons. The van der Waals surface area contributed by atoms with Crippen LogP contribution >= 0.6 is 23.4 Å². The molecule has 0 unspecified atom stereocenters. The van der Waals surface area contributed by atoms with Gasteiger partial charge in [-0.3, -0.25) is 9.69 Å². The number of hydrogen-bond donors (Lipinski definition) is 0. The maximum atomic E-state index is 13.6. The van der Waals surface area contributed by atoms with E-state index in [9.17, 15) is 4.79 Å². The summed E-state index contributed by atoms with van der Waals surface area (Å²) in [4.78, 5) is 20.8. The molecule has 1 heterocycles. The highest BCUT2D eigenvalue weighted by Gasteiger charge is 2.37. The molecule has 0 spiro atoms. The summed E-state index contributed by atoms with van der Waals surface area (Å²) in [5.74, 6) is 0.674. The van der Waals surface area contributed by atoms with Crippen LogP contribution in [-0.4, -0.2) is 16.0 Å². The van der Waals surface area contributed by atoms with Crippen LogP contribution in [0.2, 0.25) is 5.02 Å². The van der Waals surface area contributed by atoms with Gasteiger partial charge in [0, 0.05) is 10.6 Å². The van der Waals surface area contributed by atoms with E-state index in [2.05, 4.69) is 0 Å². The smallest absolute Gasteiger partial charge is 0.267 e. The van der Waals surface area contributed by atoms with Crippen LogP contribution in [0.25, 0.3) is 6.08 Å². The normalized spacial score (nSPS) is 16.4. The van der Waals surface area contributed by atoms with Crippen molar-refractivity contribution in [1.82, 2.24) is 4.90 Å². The molecular formula is C31H25ClN2O2S. The first kappa shape index (κ1) is 24.9. The largest absolute Gasteiger partial charge is 0.489 e. The molecule has 1 aliphatic rings. The number of thioether (sulfide) groups is 1. The summed E-state index contributed by atoms with van der Waals surface area (Å²) in [6.07, 6.45) is 1.91. The number of halogens is 1. The number of aliphatic imine (C=N–C) groups is 1. The molecule has 0 radical (unpaired) electrons. The van der Waals surface area contributed by atoms with Crippen LogP contribution in [0.15, 0.2) is 119 Å². The second-order valence-electron chi connectivity index (χ2n) is 8.55. The number of nitrogens with zero attached hydrogens (tertiary/aromatic N) is 2. The van der Waals surface area contributed by atoms with Gasteiger partial charge in [0.25, 0.3) is 5.91 Å². The minimum absolute atomic E-state index is 0.0601. The highest BCUT2D eigenvalue weighted by Crippen LogP contribution is 2.39. The highest BCUT2D eigenvalue weighted by molar-refractivity contribution is 8.18. The number of amidine groups is 1. The Kier molecular flexibility index (Phi) is 7.73. The molecular weight excluding hydrogens is 500 g/mol. The topological polar surface area (TPSA) is 41.9 Å². The van der Waals surface area contributed by atoms with Crippen molar-refractivity contribution >= 4 is 46.2 Å². The van der Waals surface area contributed by atoms with Gasteiger partial charge in [0.2, 0.25) is 0 Å². The van der Waals surface area contributed by atoms with E-state index in [1.54, 1.807) is 4.90 Å². The first-order valence-corrected chi connectivity index (χ1v) is 13.2. The fraction of sp³-hybridized carbons (Fsp3) is 0.0968. The number of carbonyl (C=O) groups is 1. The summed E-state index contributed by atoms with van der Waals surface area (Å²) in [6, 6.07) is 34.9. The summed E-state index contributed by atoms with van der Waals surface area (Å²) in [7, 11) is 0. The summed E-state index contributed by atoms with van der Waals surface area (Å²) in [6.45, 7) is 2.42. The van der Waals surface area contributed by atoms with Crippen molar-refractivity contribution in [3.63, 3.8) is 0 Å². The van der Waals surface area contributed by atoms with Crippen LogP contribution in [0.3, 0.4) is 0 Å². The van der Waals surface area contributed by atoms with Crippen molar-refractivity contribution in [3.8, 4) is 5.75 Å². The second kappa shape index (κ2) is 11.5. The van der Waals surface area contributed by atoms with E-state index in [1.165, 1.54) is 11.8 Å². The predicted octanol–water partition coefficient (Wildman–Crippen LogP) is 8.28. The molecule has 1 atom stereocenters. The van der Waals surface area contributed by atoms with Gasteiger partial charge in [-0.2, -0.15) is 0 Å². The number of carbonyl (C=O) groups excluding carboxylic acids is 1. The Balaban J connectivity index is 1.38. The van der Waals surface area contributed by atoms with Crippen LogP contribution in [0, 0.1) is 0 Å². The summed E-state index contributed by atoms with van der Waals surface area (Å²) in [5.41, 5.74) is 3.71. The molecule has 4 nitrogen and oxygen atoms in total. The molecule has 37 heavy (non-hydrogen) atoms. The van der Waals surface area contributed by atoms with Crippen LogP contribution in [-0.2, 0) is 11.4 Å². The van der Waals surface area contributed by atoms with Crippen molar-refractivity contribution < 1.29 is 9.53 Å². The lowest BCUT2D eigenvalue weighted by Gasteiger charge is -2.24. The summed E-state index contributed by atoms with van der Waals surface area (Å²) >= 11 is 7.62. The maximum Gasteiger partial charge on any atom is 0.267 e. The number of hydrogen-bond acceptors (Lipinski definition) is 4. The lowest BCUT2D eigenvalue weighted by atomic mass is 10.1. The minimum atomic E-state index is -0.157.